The Morgan fingerprint density at radius 1 is 1.37 bits per heavy atom. The lowest BCUT2D eigenvalue weighted by Crippen LogP contribution is -2.29. The van der Waals surface area contributed by atoms with Crippen LogP contribution in [0.2, 0.25) is 0 Å². The second kappa shape index (κ2) is 8.72. The molecule has 1 rings (SSSR count). The first-order chi connectivity index (χ1) is 9.11. The van der Waals surface area contributed by atoms with Crippen LogP contribution in [0.3, 0.4) is 0 Å². The molecule has 0 aliphatic heterocycles. The SMILES string of the molecule is CCCNC(COCCC)c1c(Br)cnn1C(C)C. The highest BCUT2D eigenvalue weighted by molar-refractivity contribution is 9.10. The van der Waals surface area contributed by atoms with Crippen molar-refractivity contribution in [1.29, 1.82) is 0 Å². The Hall–Kier alpha value is -0.390. The Kier molecular flexibility index (Phi) is 7.64. The quantitative estimate of drug-likeness (QED) is 0.701. The van der Waals surface area contributed by atoms with Crippen LogP contribution >= 0.6 is 15.9 Å². The molecule has 1 N–H and O–H groups in total. The molecule has 110 valence electrons. The van der Waals surface area contributed by atoms with Gasteiger partial charge in [0.05, 0.1) is 29.0 Å². The highest BCUT2D eigenvalue weighted by Crippen LogP contribution is 2.26. The summed E-state index contributed by atoms with van der Waals surface area (Å²) in [5.41, 5.74) is 1.18. The summed E-state index contributed by atoms with van der Waals surface area (Å²) >= 11 is 3.61. The fraction of sp³-hybridized carbons (Fsp3) is 0.786. The highest BCUT2D eigenvalue weighted by Gasteiger charge is 2.21. The van der Waals surface area contributed by atoms with E-state index in [0.29, 0.717) is 12.6 Å². The molecule has 0 amide bonds. The van der Waals surface area contributed by atoms with E-state index in [9.17, 15) is 0 Å². The van der Waals surface area contributed by atoms with Gasteiger partial charge in [-0.3, -0.25) is 4.68 Å². The topological polar surface area (TPSA) is 39.1 Å². The van der Waals surface area contributed by atoms with Crippen LogP contribution < -0.4 is 5.32 Å². The minimum Gasteiger partial charge on any atom is -0.379 e. The lowest BCUT2D eigenvalue weighted by Gasteiger charge is -2.22. The number of hydrogen-bond acceptors (Lipinski definition) is 3. The maximum absolute atomic E-state index is 5.73. The van der Waals surface area contributed by atoms with Crippen molar-refractivity contribution in [2.24, 2.45) is 0 Å². The van der Waals surface area contributed by atoms with Crippen molar-refractivity contribution in [1.82, 2.24) is 15.1 Å². The molecule has 0 aliphatic carbocycles. The van der Waals surface area contributed by atoms with E-state index < -0.39 is 0 Å². The number of aromatic nitrogens is 2. The fourth-order valence-electron chi connectivity index (χ4n) is 1.99. The van der Waals surface area contributed by atoms with Gasteiger partial charge in [0, 0.05) is 12.6 Å². The van der Waals surface area contributed by atoms with Gasteiger partial charge in [0.1, 0.15) is 0 Å². The van der Waals surface area contributed by atoms with Crippen LogP contribution in [-0.2, 0) is 4.74 Å². The number of nitrogens with one attached hydrogen (secondary N) is 1. The Morgan fingerprint density at radius 3 is 2.68 bits per heavy atom. The van der Waals surface area contributed by atoms with Crippen molar-refractivity contribution in [3.05, 3.63) is 16.4 Å². The Bertz CT molecular complexity index is 366. The molecular formula is C14H26BrN3O. The van der Waals surface area contributed by atoms with Crippen molar-refractivity contribution in [3.8, 4) is 0 Å². The highest BCUT2D eigenvalue weighted by atomic mass is 79.9. The molecule has 0 spiro atoms. The number of halogens is 1. The molecule has 0 saturated carbocycles. The number of hydrogen-bond donors (Lipinski definition) is 1. The zero-order valence-electron chi connectivity index (χ0n) is 12.4. The Balaban J connectivity index is 2.85. The summed E-state index contributed by atoms with van der Waals surface area (Å²) in [7, 11) is 0. The summed E-state index contributed by atoms with van der Waals surface area (Å²) in [4.78, 5) is 0. The minimum atomic E-state index is 0.186. The van der Waals surface area contributed by atoms with Gasteiger partial charge in [0.15, 0.2) is 0 Å². The van der Waals surface area contributed by atoms with E-state index >= 15 is 0 Å². The van der Waals surface area contributed by atoms with Crippen LogP contribution in [0.25, 0.3) is 0 Å². The minimum absolute atomic E-state index is 0.186. The Morgan fingerprint density at radius 2 is 2.11 bits per heavy atom. The summed E-state index contributed by atoms with van der Waals surface area (Å²) in [6, 6.07) is 0.532. The van der Waals surface area contributed by atoms with Gasteiger partial charge < -0.3 is 10.1 Å². The third-order valence-electron chi connectivity index (χ3n) is 2.88. The summed E-state index contributed by atoms with van der Waals surface area (Å²) in [5.74, 6) is 0. The molecule has 1 unspecified atom stereocenters. The molecule has 4 nitrogen and oxygen atoms in total. The van der Waals surface area contributed by atoms with E-state index in [1.165, 1.54) is 5.69 Å². The average Bonchev–Trinajstić information content (AvgIpc) is 2.76. The first-order valence-corrected chi connectivity index (χ1v) is 7.95. The van der Waals surface area contributed by atoms with Gasteiger partial charge in [-0.1, -0.05) is 13.8 Å². The maximum atomic E-state index is 5.73. The van der Waals surface area contributed by atoms with E-state index in [4.69, 9.17) is 4.74 Å². The van der Waals surface area contributed by atoms with E-state index in [0.717, 1.165) is 30.5 Å². The van der Waals surface area contributed by atoms with Crippen molar-refractivity contribution >= 4 is 15.9 Å². The molecule has 19 heavy (non-hydrogen) atoms. The van der Waals surface area contributed by atoms with Crippen LogP contribution in [0.4, 0.5) is 0 Å². The second-order valence-electron chi connectivity index (χ2n) is 5.00. The predicted molar refractivity (Wildman–Crippen MR) is 82.5 cm³/mol. The van der Waals surface area contributed by atoms with Crippen LogP contribution in [-0.4, -0.2) is 29.5 Å². The fourth-order valence-corrected chi connectivity index (χ4v) is 2.54. The lowest BCUT2D eigenvalue weighted by atomic mass is 10.2. The number of rotatable bonds is 9. The molecule has 5 heteroatoms. The normalized spacial score (nSPS) is 13.2. The molecule has 1 atom stereocenters. The summed E-state index contributed by atoms with van der Waals surface area (Å²) in [6.07, 6.45) is 4.03. The maximum Gasteiger partial charge on any atom is 0.0741 e. The van der Waals surface area contributed by atoms with Crippen LogP contribution in [0.5, 0.6) is 0 Å². The lowest BCUT2D eigenvalue weighted by molar-refractivity contribution is 0.109. The number of ether oxygens (including phenoxy) is 1. The zero-order valence-corrected chi connectivity index (χ0v) is 14.0. The van der Waals surface area contributed by atoms with Gasteiger partial charge in [-0.15, -0.1) is 0 Å². The van der Waals surface area contributed by atoms with E-state index in [-0.39, 0.29) is 6.04 Å². The zero-order chi connectivity index (χ0) is 14.3. The summed E-state index contributed by atoms with van der Waals surface area (Å²) < 4.78 is 8.84. The monoisotopic (exact) mass is 331 g/mol. The predicted octanol–water partition coefficient (Wildman–Crippen LogP) is 3.69. The van der Waals surface area contributed by atoms with Gasteiger partial charge in [0.25, 0.3) is 0 Å². The average molecular weight is 332 g/mol. The molecule has 0 fully saturated rings. The third-order valence-corrected chi connectivity index (χ3v) is 3.49. The molecule has 0 aliphatic rings. The van der Waals surface area contributed by atoms with E-state index in [1.807, 2.05) is 6.20 Å². The van der Waals surface area contributed by atoms with Crippen LogP contribution in [0.1, 0.15) is 58.3 Å². The van der Waals surface area contributed by atoms with Crippen LogP contribution in [0, 0.1) is 0 Å². The third kappa shape index (κ3) is 4.89. The second-order valence-corrected chi connectivity index (χ2v) is 5.85. The molecular weight excluding hydrogens is 306 g/mol. The number of nitrogens with zero attached hydrogens (tertiary/aromatic N) is 2. The van der Waals surface area contributed by atoms with Gasteiger partial charge in [-0.05, 0) is 49.2 Å². The molecule has 1 heterocycles. The molecule has 1 aromatic heterocycles. The summed E-state index contributed by atoms with van der Waals surface area (Å²) in [6.45, 7) is 11.1. The van der Waals surface area contributed by atoms with Crippen molar-refractivity contribution in [2.45, 2.75) is 52.6 Å². The molecule has 0 radical (unpaired) electrons. The smallest absolute Gasteiger partial charge is 0.0741 e. The molecule has 0 aromatic carbocycles. The Labute approximate surface area is 125 Å². The van der Waals surface area contributed by atoms with Crippen molar-refractivity contribution in [3.63, 3.8) is 0 Å². The standard InChI is InChI=1S/C14H26BrN3O/c1-5-7-16-13(10-19-8-6-2)14-12(15)9-17-18(14)11(3)4/h9,11,13,16H,5-8,10H2,1-4H3. The first kappa shape index (κ1) is 16.7. The molecule has 0 bridgehead atoms. The van der Waals surface area contributed by atoms with Gasteiger partial charge in [-0.25, -0.2) is 0 Å². The van der Waals surface area contributed by atoms with Gasteiger partial charge >= 0.3 is 0 Å². The van der Waals surface area contributed by atoms with Crippen LogP contribution in [0.15, 0.2) is 10.7 Å². The van der Waals surface area contributed by atoms with E-state index in [1.54, 1.807) is 0 Å². The largest absolute Gasteiger partial charge is 0.379 e. The molecule has 0 saturated heterocycles. The van der Waals surface area contributed by atoms with E-state index in [2.05, 4.69) is 58.7 Å². The van der Waals surface area contributed by atoms with Crippen molar-refractivity contribution < 1.29 is 4.74 Å². The van der Waals surface area contributed by atoms with Gasteiger partial charge in [0.2, 0.25) is 0 Å². The summed E-state index contributed by atoms with van der Waals surface area (Å²) in [5, 5.41) is 8.00. The van der Waals surface area contributed by atoms with Crippen molar-refractivity contribution in [2.75, 3.05) is 19.8 Å². The molecule has 1 aromatic rings. The first-order valence-electron chi connectivity index (χ1n) is 7.15. The van der Waals surface area contributed by atoms with Gasteiger partial charge in [-0.2, -0.15) is 5.10 Å².